The molecule has 2 heterocycles. The molecule has 0 spiro atoms. The van der Waals surface area contributed by atoms with Crippen LogP contribution >= 0.6 is 27.3 Å². The van der Waals surface area contributed by atoms with Crippen LogP contribution in [0.15, 0.2) is 33.5 Å². The Balaban J connectivity index is 1.79. The lowest BCUT2D eigenvalue weighted by molar-refractivity contribution is 0.0466. The van der Waals surface area contributed by atoms with E-state index >= 15 is 0 Å². The van der Waals surface area contributed by atoms with Gasteiger partial charge in [-0.05, 0) is 25.1 Å². The second kappa shape index (κ2) is 6.17. The van der Waals surface area contributed by atoms with Gasteiger partial charge in [-0.15, -0.1) is 0 Å². The lowest BCUT2D eigenvalue weighted by atomic mass is 10.2. The van der Waals surface area contributed by atoms with Crippen molar-refractivity contribution in [2.45, 2.75) is 13.5 Å². The van der Waals surface area contributed by atoms with E-state index in [0.29, 0.717) is 20.1 Å². The average Bonchev–Trinajstić information content (AvgIpc) is 2.88. The molecule has 0 saturated heterocycles. The largest absolute Gasteiger partial charge is 0.455 e. The van der Waals surface area contributed by atoms with Gasteiger partial charge in [-0.25, -0.2) is 14.2 Å². The van der Waals surface area contributed by atoms with Crippen LogP contribution in [0.25, 0.3) is 4.96 Å². The number of ether oxygens (including phenoxy) is 1. The van der Waals surface area contributed by atoms with Crippen molar-refractivity contribution in [1.29, 1.82) is 0 Å². The van der Waals surface area contributed by atoms with E-state index in [1.165, 1.54) is 18.2 Å². The number of rotatable bonds is 3. The third kappa shape index (κ3) is 3.30. The highest BCUT2D eigenvalue weighted by Gasteiger charge is 2.15. The van der Waals surface area contributed by atoms with Gasteiger partial charge in [0.15, 0.2) is 5.01 Å². The van der Waals surface area contributed by atoms with Gasteiger partial charge in [-0.2, -0.15) is 9.61 Å². The number of carbonyl (C=O) groups is 1. The fourth-order valence-corrected chi connectivity index (χ4v) is 3.07. The van der Waals surface area contributed by atoms with Crippen LogP contribution in [-0.2, 0) is 11.3 Å². The van der Waals surface area contributed by atoms with Gasteiger partial charge >= 0.3 is 5.97 Å². The number of nitrogens with zero attached hydrogens (tertiary/aromatic N) is 3. The first-order chi connectivity index (χ1) is 10.9. The molecule has 0 N–H and O–H groups in total. The van der Waals surface area contributed by atoms with Gasteiger partial charge in [0.1, 0.15) is 12.4 Å². The zero-order valence-corrected chi connectivity index (χ0v) is 14.1. The number of hydrogen-bond acceptors (Lipinski definition) is 6. The van der Waals surface area contributed by atoms with E-state index in [0.717, 1.165) is 15.9 Å². The molecule has 0 amide bonds. The fraction of sp³-hybridized carbons (Fsp3) is 0.143. The summed E-state index contributed by atoms with van der Waals surface area (Å²) in [5, 5.41) is 4.43. The molecule has 0 aliphatic heterocycles. The molecule has 0 fully saturated rings. The number of carbonyl (C=O) groups excluding carboxylic acids is 1. The van der Waals surface area contributed by atoms with E-state index in [2.05, 4.69) is 26.0 Å². The lowest BCUT2D eigenvalue weighted by Gasteiger charge is -2.03. The zero-order valence-electron chi connectivity index (χ0n) is 11.7. The summed E-state index contributed by atoms with van der Waals surface area (Å²) in [6.07, 6.45) is 0. The number of esters is 1. The Morgan fingerprint density at radius 3 is 2.96 bits per heavy atom. The lowest BCUT2D eigenvalue weighted by Crippen LogP contribution is -2.14. The molecule has 9 heteroatoms. The van der Waals surface area contributed by atoms with Crippen LogP contribution in [0, 0.1) is 12.7 Å². The van der Waals surface area contributed by atoms with E-state index in [-0.39, 0.29) is 17.7 Å². The molecule has 0 aliphatic carbocycles. The second-order valence-corrected chi connectivity index (χ2v) is 6.58. The molecule has 0 bridgehead atoms. The van der Waals surface area contributed by atoms with Crippen LogP contribution < -0.4 is 5.56 Å². The standard InChI is InChI=1S/C14H9BrFN3O3S/c1-7-4-12(20)19-14(17-7)23-11(18-19)6-22-13(21)9-3-2-8(15)5-10(9)16/h2-5H,6H2,1H3. The van der Waals surface area contributed by atoms with Crippen molar-refractivity contribution in [3.05, 3.63) is 61.2 Å². The predicted octanol–water partition coefficient (Wildman–Crippen LogP) is 2.72. The summed E-state index contributed by atoms with van der Waals surface area (Å²) in [5.74, 6) is -1.48. The monoisotopic (exact) mass is 397 g/mol. The van der Waals surface area contributed by atoms with E-state index in [4.69, 9.17) is 4.74 Å². The van der Waals surface area contributed by atoms with Crippen molar-refractivity contribution < 1.29 is 13.9 Å². The average molecular weight is 398 g/mol. The zero-order chi connectivity index (χ0) is 16.6. The quantitative estimate of drug-likeness (QED) is 0.635. The summed E-state index contributed by atoms with van der Waals surface area (Å²) in [5.41, 5.74) is 0.111. The van der Waals surface area contributed by atoms with Gasteiger partial charge in [-0.3, -0.25) is 4.79 Å². The third-order valence-electron chi connectivity index (χ3n) is 2.89. The molecule has 0 atom stereocenters. The molecule has 0 radical (unpaired) electrons. The molecule has 2 aromatic heterocycles. The summed E-state index contributed by atoms with van der Waals surface area (Å²) in [4.78, 5) is 28.2. The maximum absolute atomic E-state index is 13.7. The van der Waals surface area contributed by atoms with Crippen LogP contribution in [0.4, 0.5) is 4.39 Å². The second-order valence-electron chi connectivity index (χ2n) is 4.63. The molecule has 0 aliphatic rings. The highest BCUT2D eigenvalue weighted by atomic mass is 79.9. The minimum absolute atomic E-state index is 0.166. The summed E-state index contributed by atoms with van der Waals surface area (Å²) in [6.45, 7) is 1.54. The first-order valence-electron chi connectivity index (χ1n) is 6.42. The van der Waals surface area contributed by atoms with Gasteiger partial charge in [0.05, 0.1) is 5.56 Å². The summed E-state index contributed by atoms with van der Waals surface area (Å²) < 4.78 is 20.4. The Hall–Kier alpha value is -2.13. The van der Waals surface area contributed by atoms with Crippen molar-refractivity contribution in [3.63, 3.8) is 0 Å². The molecule has 0 saturated carbocycles. The van der Waals surface area contributed by atoms with E-state index < -0.39 is 11.8 Å². The summed E-state index contributed by atoms with van der Waals surface area (Å²) >= 11 is 4.25. The third-order valence-corrected chi connectivity index (χ3v) is 4.27. The smallest absolute Gasteiger partial charge is 0.341 e. The molecular weight excluding hydrogens is 389 g/mol. The number of halogens is 2. The van der Waals surface area contributed by atoms with E-state index in [9.17, 15) is 14.0 Å². The van der Waals surface area contributed by atoms with Gasteiger partial charge in [0.2, 0.25) is 4.96 Å². The van der Waals surface area contributed by atoms with Crippen LogP contribution in [-0.4, -0.2) is 20.6 Å². The first kappa shape index (κ1) is 15.8. The van der Waals surface area contributed by atoms with Crippen molar-refractivity contribution in [2.75, 3.05) is 0 Å². The highest BCUT2D eigenvalue weighted by molar-refractivity contribution is 9.10. The number of benzene rings is 1. The molecular formula is C14H9BrFN3O3S. The fourth-order valence-electron chi connectivity index (χ4n) is 1.88. The molecule has 6 nitrogen and oxygen atoms in total. The topological polar surface area (TPSA) is 73.6 Å². The van der Waals surface area contributed by atoms with Crippen molar-refractivity contribution in [3.8, 4) is 0 Å². The van der Waals surface area contributed by atoms with Crippen molar-refractivity contribution in [2.24, 2.45) is 0 Å². The molecule has 23 heavy (non-hydrogen) atoms. The van der Waals surface area contributed by atoms with Crippen molar-refractivity contribution >= 4 is 38.2 Å². The number of fused-ring (bicyclic) bond motifs is 1. The highest BCUT2D eigenvalue weighted by Crippen LogP contribution is 2.17. The summed E-state index contributed by atoms with van der Waals surface area (Å²) in [6, 6.07) is 5.42. The Kier molecular flexibility index (Phi) is 4.22. The van der Waals surface area contributed by atoms with E-state index in [1.54, 1.807) is 13.0 Å². The van der Waals surface area contributed by atoms with Gasteiger partial charge in [0, 0.05) is 16.2 Å². The molecule has 118 valence electrons. The van der Waals surface area contributed by atoms with Crippen LogP contribution in [0.2, 0.25) is 0 Å². The van der Waals surface area contributed by atoms with Gasteiger partial charge in [0.25, 0.3) is 5.56 Å². The minimum atomic E-state index is -0.800. The molecule has 1 aromatic carbocycles. The number of aromatic nitrogens is 3. The van der Waals surface area contributed by atoms with Crippen LogP contribution in [0.1, 0.15) is 21.1 Å². The normalized spacial score (nSPS) is 10.9. The molecule has 0 unspecified atom stereocenters. The van der Waals surface area contributed by atoms with Crippen LogP contribution in [0.3, 0.4) is 0 Å². The van der Waals surface area contributed by atoms with Gasteiger partial charge in [-0.1, -0.05) is 27.3 Å². The predicted molar refractivity (Wildman–Crippen MR) is 85.1 cm³/mol. The SMILES string of the molecule is Cc1cc(=O)n2nc(COC(=O)c3ccc(Br)cc3F)sc2n1. The number of aryl methyl sites for hydroxylation is 1. The first-order valence-corrected chi connectivity index (χ1v) is 8.03. The maximum atomic E-state index is 13.7. The Morgan fingerprint density at radius 1 is 1.43 bits per heavy atom. The van der Waals surface area contributed by atoms with Crippen molar-refractivity contribution in [1.82, 2.24) is 14.6 Å². The van der Waals surface area contributed by atoms with Gasteiger partial charge < -0.3 is 4.74 Å². The summed E-state index contributed by atoms with van der Waals surface area (Å²) in [7, 11) is 0. The number of hydrogen-bond donors (Lipinski definition) is 0. The molecule has 3 aromatic rings. The minimum Gasteiger partial charge on any atom is -0.455 e. The Bertz CT molecular complexity index is 970. The molecule has 3 rings (SSSR count). The van der Waals surface area contributed by atoms with Crippen LogP contribution in [0.5, 0.6) is 0 Å². The Labute approximate surface area is 141 Å². The van der Waals surface area contributed by atoms with E-state index in [1.807, 2.05) is 0 Å². The Morgan fingerprint density at radius 2 is 2.22 bits per heavy atom. The maximum Gasteiger partial charge on any atom is 0.341 e.